The Morgan fingerprint density at radius 1 is 1.09 bits per heavy atom. The predicted octanol–water partition coefficient (Wildman–Crippen LogP) is 5.37. The lowest BCUT2D eigenvalue weighted by molar-refractivity contribution is -0.383. The lowest BCUT2D eigenvalue weighted by Gasteiger charge is -2.11. The van der Waals surface area contributed by atoms with E-state index in [1.165, 1.54) is 24.3 Å². The molecule has 0 unspecified atom stereocenters. The molecule has 0 spiro atoms. The number of halogens is 5. The topological polar surface area (TPSA) is 102 Å². The van der Waals surface area contributed by atoms with Crippen molar-refractivity contribution >= 4 is 34.5 Å². The van der Waals surface area contributed by atoms with Gasteiger partial charge in [0.05, 0.1) is 10.6 Å². The Labute approximate surface area is 186 Å². The molecule has 0 fully saturated rings. The number of carbonyl (C=O) groups excluding carboxylic acids is 1. The molecule has 8 nitrogen and oxygen atoms in total. The van der Waals surface area contributed by atoms with Gasteiger partial charge in [-0.3, -0.25) is 14.9 Å². The molecule has 168 valence electrons. The lowest BCUT2D eigenvalue weighted by Crippen LogP contribution is -2.16. The quantitative estimate of drug-likeness (QED) is 0.241. The number of nitro benzene ring substituents is 1. The number of carbonyl (C=O) groups is 1. The molecule has 0 aliphatic carbocycles. The van der Waals surface area contributed by atoms with Crippen LogP contribution in [-0.2, 0) is 6.18 Å². The normalized spacial score (nSPS) is 11.5. The Balaban J connectivity index is 1.78. The molecule has 4 rings (SSSR count). The van der Waals surface area contributed by atoms with Crippen molar-refractivity contribution in [2.75, 3.05) is 5.32 Å². The zero-order valence-electron chi connectivity index (χ0n) is 16.1. The van der Waals surface area contributed by atoms with Crippen LogP contribution in [-0.4, -0.2) is 25.4 Å². The van der Waals surface area contributed by atoms with Crippen molar-refractivity contribution in [3.8, 4) is 11.3 Å². The van der Waals surface area contributed by atoms with E-state index >= 15 is 0 Å². The summed E-state index contributed by atoms with van der Waals surface area (Å²) in [5, 5.41) is 17.2. The van der Waals surface area contributed by atoms with Gasteiger partial charge in [0.15, 0.2) is 17.0 Å². The van der Waals surface area contributed by atoms with E-state index in [9.17, 15) is 32.5 Å². The Bertz CT molecular complexity index is 1400. The van der Waals surface area contributed by atoms with Crippen LogP contribution in [0.5, 0.6) is 0 Å². The van der Waals surface area contributed by atoms with Gasteiger partial charge in [0.2, 0.25) is 0 Å². The zero-order valence-corrected chi connectivity index (χ0v) is 16.9. The van der Waals surface area contributed by atoms with Crippen molar-refractivity contribution in [3.63, 3.8) is 0 Å². The standard InChI is InChI=1S/C20H10ClF4N5O3/c21-11-3-6-13(16(7-11)30(32)33)27-19(31)15-9-18-26-14(10-1-4-12(22)5-2-10)8-17(20(23,24)25)29(18)28-15/h1-9H,(H,27,31). The van der Waals surface area contributed by atoms with Crippen LogP contribution >= 0.6 is 11.6 Å². The maximum absolute atomic E-state index is 13.7. The lowest BCUT2D eigenvalue weighted by atomic mass is 10.1. The van der Waals surface area contributed by atoms with Crippen LogP contribution in [0, 0.1) is 15.9 Å². The largest absolute Gasteiger partial charge is 0.433 e. The zero-order chi connectivity index (χ0) is 23.9. The van der Waals surface area contributed by atoms with E-state index in [0.717, 1.165) is 30.3 Å². The van der Waals surface area contributed by atoms with Gasteiger partial charge in [-0.1, -0.05) is 11.6 Å². The van der Waals surface area contributed by atoms with Crippen LogP contribution in [0.1, 0.15) is 16.2 Å². The highest BCUT2D eigenvalue weighted by atomic mass is 35.5. The summed E-state index contributed by atoms with van der Waals surface area (Å²) in [5.74, 6) is -1.57. The van der Waals surface area contributed by atoms with Crippen molar-refractivity contribution < 1.29 is 27.3 Å². The van der Waals surface area contributed by atoms with Crippen molar-refractivity contribution in [2.45, 2.75) is 6.18 Å². The molecule has 1 N–H and O–H groups in total. The Kier molecular flexibility index (Phi) is 5.46. The number of nitrogens with zero attached hydrogens (tertiary/aromatic N) is 4. The predicted molar refractivity (Wildman–Crippen MR) is 109 cm³/mol. The molecule has 0 atom stereocenters. The molecular formula is C20H10ClF4N5O3. The van der Waals surface area contributed by atoms with E-state index in [4.69, 9.17) is 11.6 Å². The fraction of sp³-hybridized carbons (Fsp3) is 0.0500. The number of aromatic nitrogens is 3. The first kappa shape index (κ1) is 22.1. The maximum atomic E-state index is 13.7. The number of hydrogen-bond acceptors (Lipinski definition) is 5. The fourth-order valence-electron chi connectivity index (χ4n) is 3.00. The first-order valence-electron chi connectivity index (χ1n) is 9.02. The summed E-state index contributed by atoms with van der Waals surface area (Å²) < 4.78 is 54.7. The van der Waals surface area contributed by atoms with E-state index in [0.29, 0.717) is 4.52 Å². The minimum Gasteiger partial charge on any atom is -0.315 e. The number of rotatable bonds is 4. The molecule has 2 aromatic heterocycles. The number of hydrogen-bond donors (Lipinski definition) is 1. The maximum Gasteiger partial charge on any atom is 0.433 e. The molecule has 13 heteroatoms. The number of nitrogens with one attached hydrogen (secondary N) is 1. The van der Waals surface area contributed by atoms with E-state index in [2.05, 4.69) is 15.4 Å². The number of anilines is 1. The second kappa shape index (κ2) is 8.13. The van der Waals surface area contributed by atoms with E-state index in [-0.39, 0.29) is 27.6 Å². The summed E-state index contributed by atoms with van der Waals surface area (Å²) in [6.07, 6.45) is -4.86. The minimum atomic E-state index is -4.86. The van der Waals surface area contributed by atoms with Gasteiger partial charge in [-0.15, -0.1) is 0 Å². The summed E-state index contributed by atoms with van der Waals surface area (Å²) in [7, 11) is 0. The number of amides is 1. The van der Waals surface area contributed by atoms with Gasteiger partial charge in [-0.25, -0.2) is 13.9 Å². The highest BCUT2D eigenvalue weighted by molar-refractivity contribution is 6.31. The summed E-state index contributed by atoms with van der Waals surface area (Å²) in [6.45, 7) is 0. The molecule has 0 radical (unpaired) electrons. The van der Waals surface area contributed by atoms with Gasteiger partial charge in [0, 0.05) is 22.7 Å². The summed E-state index contributed by atoms with van der Waals surface area (Å²) in [4.78, 5) is 27.1. The molecule has 1 amide bonds. The van der Waals surface area contributed by atoms with E-state index < -0.39 is 39.9 Å². The van der Waals surface area contributed by atoms with Gasteiger partial charge < -0.3 is 5.32 Å². The molecule has 0 aliphatic rings. The van der Waals surface area contributed by atoms with Crippen LogP contribution in [0.15, 0.2) is 54.6 Å². The number of benzene rings is 2. The first-order valence-corrected chi connectivity index (χ1v) is 9.40. The van der Waals surface area contributed by atoms with Gasteiger partial charge in [-0.2, -0.15) is 18.3 Å². The van der Waals surface area contributed by atoms with Crippen molar-refractivity contribution in [1.29, 1.82) is 0 Å². The summed E-state index contributed by atoms with van der Waals surface area (Å²) >= 11 is 5.73. The van der Waals surface area contributed by atoms with E-state index in [1.54, 1.807) is 0 Å². The van der Waals surface area contributed by atoms with Gasteiger partial charge >= 0.3 is 6.18 Å². The minimum absolute atomic E-state index is 0.0553. The molecule has 0 saturated carbocycles. The number of alkyl halides is 3. The third-order valence-electron chi connectivity index (χ3n) is 4.49. The molecule has 0 bridgehead atoms. The smallest absolute Gasteiger partial charge is 0.315 e. The number of nitro groups is 1. The second-order valence-corrected chi connectivity index (χ2v) is 7.14. The average Bonchev–Trinajstić information content (AvgIpc) is 3.18. The Morgan fingerprint density at radius 2 is 1.79 bits per heavy atom. The van der Waals surface area contributed by atoms with Crippen molar-refractivity contribution in [3.05, 3.63) is 86.9 Å². The highest BCUT2D eigenvalue weighted by Crippen LogP contribution is 2.33. The Hall–Kier alpha value is -4.06. The molecule has 2 aromatic carbocycles. The SMILES string of the molecule is O=C(Nc1ccc(Cl)cc1[N+](=O)[O-])c1cc2nc(-c3ccc(F)cc3)cc(C(F)(F)F)n2n1. The second-order valence-electron chi connectivity index (χ2n) is 6.70. The molecule has 0 saturated heterocycles. The van der Waals surface area contributed by atoms with Crippen LogP contribution in [0.3, 0.4) is 0 Å². The van der Waals surface area contributed by atoms with Crippen LogP contribution in [0.4, 0.5) is 28.9 Å². The summed E-state index contributed by atoms with van der Waals surface area (Å²) in [6, 6.07) is 9.88. The molecule has 0 aliphatic heterocycles. The third kappa shape index (κ3) is 4.46. The third-order valence-corrected chi connectivity index (χ3v) is 4.73. The van der Waals surface area contributed by atoms with Crippen LogP contribution < -0.4 is 5.32 Å². The Morgan fingerprint density at radius 3 is 2.42 bits per heavy atom. The molecular weight excluding hydrogens is 470 g/mol. The van der Waals surface area contributed by atoms with Crippen molar-refractivity contribution in [2.24, 2.45) is 0 Å². The number of fused-ring (bicyclic) bond motifs is 1. The van der Waals surface area contributed by atoms with Crippen LogP contribution in [0.25, 0.3) is 16.9 Å². The average molecular weight is 480 g/mol. The summed E-state index contributed by atoms with van der Waals surface area (Å²) in [5.41, 5.74) is -2.62. The van der Waals surface area contributed by atoms with Gasteiger partial charge in [-0.05, 0) is 42.5 Å². The monoisotopic (exact) mass is 479 g/mol. The van der Waals surface area contributed by atoms with Gasteiger partial charge in [0.1, 0.15) is 11.5 Å². The fourth-order valence-corrected chi connectivity index (χ4v) is 3.17. The van der Waals surface area contributed by atoms with Gasteiger partial charge in [0.25, 0.3) is 11.6 Å². The molecule has 4 aromatic rings. The van der Waals surface area contributed by atoms with Crippen LogP contribution in [0.2, 0.25) is 5.02 Å². The van der Waals surface area contributed by atoms with E-state index in [1.807, 2.05) is 0 Å². The highest BCUT2D eigenvalue weighted by Gasteiger charge is 2.35. The molecule has 2 heterocycles. The first-order chi connectivity index (χ1) is 15.5. The van der Waals surface area contributed by atoms with Crippen molar-refractivity contribution in [1.82, 2.24) is 14.6 Å². The molecule has 33 heavy (non-hydrogen) atoms.